The second-order valence-corrected chi connectivity index (χ2v) is 4.64. The van der Waals surface area contributed by atoms with E-state index in [1.54, 1.807) is 6.33 Å². The predicted molar refractivity (Wildman–Crippen MR) is 77.1 cm³/mol. The zero-order valence-corrected chi connectivity index (χ0v) is 11.5. The quantitative estimate of drug-likeness (QED) is 0.760. The van der Waals surface area contributed by atoms with E-state index in [1.165, 1.54) is 0 Å². The monoisotopic (exact) mass is 268 g/mol. The normalized spacial score (nSPS) is 10.7. The molecule has 0 saturated heterocycles. The highest BCUT2D eigenvalue weighted by Crippen LogP contribution is 2.25. The SMILES string of the molecule is Cc1nc(-c2ccccc2NCc2cncn2C)n[nH]1. The number of hydrogen-bond acceptors (Lipinski definition) is 4. The number of aryl methyl sites for hydroxylation is 2. The Morgan fingerprint density at radius 3 is 2.85 bits per heavy atom. The minimum Gasteiger partial charge on any atom is -0.379 e. The largest absolute Gasteiger partial charge is 0.379 e. The van der Waals surface area contributed by atoms with Gasteiger partial charge in [0.05, 0.1) is 18.6 Å². The Morgan fingerprint density at radius 2 is 2.15 bits per heavy atom. The van der Waals surface area contributed by atoms with Gasteiger partial charge in [-0.15, -0.1) is 0 Å². The lowest BCUT2D eigenvalue weighted by atomic mass is 10.1. The first kappa shape index (κ1) is 12.4. The van der Waals surface area contributed by atoms with E-state index < -0.39 is 0 Å². The Kier molecular flexibility index (Phi) is 3.20. The van der Waals surface area contributed by atoms with Crippen LogP contribution in [0.4, 0.5) is 5.69 Å². The van der Waals surface area contributed by atoms with E-state index in [4.69, 9.17) is 0 Å². The van der Waals surface area contributed by atoms with Crippen molar-refractivity contribution in [1.29, 1.82) is 0 Å². The molecule has 0 aliphatic heterocycles. The molecule has 3 aromatic rings. The van der Waals surface area contributed by atoms with Crippen LogP contribution in [0.25, 0.3) is 11.4 Å². The summed E-state index contributed by atoms with van der Waals surface area (Å²) in [6.45, 7) is 2.60. The highest BCUT2D eigenvalue weighted by atomic mass is 15.2. The third-order valence-corrected chi connectivity index (χ3v) is 3.14. The van der Waals surface area contributed by atoms with Gasteiger partial charge in [0, 0.05) is 24.5 Å². The minimum atomic E-state index is 0.704. The number of nitrogens with one attached hydrogen (secondary N) is 2. The fraction of sp³-hybridized carbons (Fsp3) is 0.214. The van der Waals surface area contributed by atoms with Gasteiger partial charge in [-0.25, -0.2) is 9.97 Å². The van der Waals surface area contributed by atoms with Crippen LogP contribution in [0.5, 0.6) is 0 Å². The molecule has 0 unspecified atom stereocenters. The van der Waals surface area contributed by atoms with Crippen LogP contribution < -0.4 is 5.32 Å². The smallest absolute Gasteiger partial charge is 0.183 e. The molecular formula is C14H16N6. The molecule has 0 saturated carbocycles. The molecule has 0 aliphatic rings. The van der Waals surface area contributed by atoms with E-state index in [1.807, 2.05) is 49.0 Å². The predicted octanol–water partition coefficient (Wildman–Crippen LogP) is 2.13. The average molecular weight is 268 g/mol. The Hall–Kier alpha value is -2.63. The van der Waals surface area contributed by atoms with Gasteiger partial charge in [0.1, 0.15) is 5.82 Å². The molecule has 20 heavy (non-hydrogen) atoms. The minimum absolute atomic E-state index is 0.704. The van der Waals surface area contributed by atoms with Gasteiger partial charge in [0.25, 0.3) is 0 Å². The van der Waals surface area contributed by atoms with E-state index in [-0.39, 0.29) is 0 Å². The van der Waals surface area contributed by atoms with Crippen LogP contribution in [-0.4, -0.2) is 24.7 Å². The highest BCUT2D eigenvalue weighted by Gasteiger charge is 2.09. The Morgan fingerprint density at radius 1 is 1.30 bits per heavy atom. The lowest BCUT2D eigenvalue weighted by Gasteiger charge is -2.10. The summed E-state index contributed by atoms with van der Waals surface area (Å²) in [5.41, 5.74) is 3.11. The maximum absolute atomic E-state index is 4.38. The maximum atomic E-state index is 4.38. The number of aromatic amines is 1. The lowest BCUT2D eigenvalue weighted by molar-refractivity contribution is 0.837. The van der Waals surface area contributed by atoms with Crippen molar-refractivity contribution in [1.82, 2.24) is 24.7 Å². The van der Waals surface area contributed by atoms with Crippen LogP contribution in [0.15, 0.2) is 36.8 Å². The number of imidazole rings is 1. The van der Waals surface area contributed by atoms with Crippen molar-refractivity contribution < 1.29 is 0 Å². The van der Waals surface area contributed by atoms with Crippen molar-refractivity contribution in [2.45, 2.75) is 13.5 Å². The Balaban J connectivity index is 1.85. The number of nitrogens with zero attached hydrogens (tertiary/aromatic N) is 4. The summed E-state index contributed by atoms with van der Waals surface area (Å²) in [5, 5.41) is 10.5. The van der Waals surface area contributed by atoms with Crippen molar-refractivity contribution in [2.75, 3.05) is 5.32 Å². The van der Waals surface area contributed by atoms with Crippen molar-refractivity contribution in [3.8, 4) is 11.4 Å². The summed E-state index contributed by atoms with van der Waals surface area (Å²) in [4.78, 5) is 8.49. The van der Waals surface area contributed by atoms with E-state index in [0.29, 0.717) is 12.4 Å². The van der Waals surface area contributed by atoms with Gasteiger partial charge < -0.3 is 9.88 Å². The van der Waals surface area contributed by atoms with Crippen molar-refractivity contribution >= 4 is 5.69 Å². The molecule has 0 aliphatic carbocycles. The zero-order chi connectivity index (χ0) is 13.9. The second-order valence-electron chi connectivity index (χ2n) is 4.64. The molecule has 0 spiro atoms. The van der Waals surface area contributed by atoms with Crippen LogP contribution in [0.2, 0.25) is 0 Å². The third kappa shape index (κ3) is 2.40. The Labute approximate surface area is 116 Å². The maximum Gasteiger partial charge on any atom is 0.183 e. The molecule has 2 aromatic heterocycles. The standard InChI is InChI=1S/C14H16N6/c1-10-17-14(19-18-10)12-5-3-4-6-13(12)16-8-11-7-15-9-20(11)2/h3-7,9,16H,8H2,1-2H3,(H,17,18,19). The first-order valence-electron chi connectivity index (χ1n) is 6.41. The second kappa shape index (κ2) is 5.16. The van der Waals surface area contributed by atoms with Gasteiger partial charge in [0.15, 0.2) is 5.82 Å². The number of aromatic nitrogens is 5. The van der Waals surface area contributed by atoms with E-state index in [9.17, 15) is 0 Å². The first-order chi connectivity index (χ1) is 9.74. The number of hydrogen-bond donors (Lipinski definition) is 2. The van der Waals surface area contributed by atoms with Gasteiger partial charge >= 0.3 is 0 Å². The molecule has 3 rings (SSSR count). The van der Waals surface area contributed by atoms with Crippen molar-refractivity contribution in [3.05, 3.63) is 48.3 Å². The number of H-pyrrole nitrogens is 1. The summed E-state index contributed by atoms with van der Waals surface area (Å²) in [7, 11) is 1.98. The lowest BCUT2D eigenvalue weighted by Crippen LogP contribution is -2.05. The third-order valence-electron chi connectivity index (χ3n) is 3.14. The molecule has 6 heteroatoms. The van der Waals surface area contributed by atoms with E-state index >= 15 is 0 Å². The first-order valence-corrected chi connectivity index (χ1v) is 6.41. The van der Waals surface area contributed by atoms with Crippen molar-refractivity contribution in [2.24, 2.45) is 7.05 Å². The molecule has 0 atom stereocenters. The van der Waals surface area contributed by atoms with Crippen LogP contribution in [-0.2, 0) is 13.6 Å². The van der Waals surface area contributed by atoms with Gasteiger partial charge in [0.2, 0.25) is 0 Å². The van der Waals surface area contributed by atoms with E-state index in [2.05, 4.69) is 25.5 Å². The highest BCUT2D eigenvalue weighted by molar-refractivity contribution is 5.73. The molecule has 0 bridgehead atoms. The number of para-hydroxylation sites is 1. The van der Waals surface area contributed by atoms with Crippen LogP contribution in [0.1, 0.15) is 11.5 Å². The fourth-order valence-corrected chi connectivity index (χ4v) is 2.04. The molecular weight excluding hydrogens is 252 g/mol. The van der Waals surface area contributed by atoms with Crippen LogP contribution >= 0.6 is 0 Å². The number of benzene rings is 1. The van der Waals surface area contributed by atoms with Crippen LogP contribution in [0.3, 0.4) is 0 Å². The summed E-state index contributed by atoms with van der Waals surface area (Å²) in [6, 6.07) is 8.01. The molecule has 102 valence electrons. The van der Waals surface area contributed by atoms with E-state index in [0.717, 1.165) is 22.8 Å². The summed E-state index contributed by atoms with van der Waals surface area (Å²) in [6.07, 6.45) is 3.65. The van der Waals surface area contributed by atoms with Crippen LogP contribution in [0, 0.1) is 6.92 Å². The molecule has 0 radical (unpaired) electrons. The van der Waals surface area contributed by atoms with Gasteiger partial charge in [-0.05, 0) is 19.1 Å². The Bertz CT molecular complexity index is 712. The number of rotatable bonds is 4. The van der Waals surface area contributed by atoms with Gasteiger partial charge in [-0.2, -0.15) is 5.10 Å². The fourth-order valence-electron chi connectivity index (χ4n) is 2.04. The molecule has 2 N–H and O–H groups in total. The number of anilines is 1. The van der Waals surface area contributed by atoms with Crippen molar-refractivity contribution in [3.63, 3.8) is 0 Å². The van der Waals surface area contributed by atoms with Gasteiger partial charge in [-0.1, -0.05) is 12.1 Å². The summed E-state index contributed by atoms with van der Waals surface area (Å²) >= 11 is 0. The zero-order valence-electron chi connectivity index (χ0n) is 11.5. The molecule has 0 fully saturated rings. The topological polar surface area (TPSA) is 71.4 Å². The molecule has 2 heterocycles. The van der Waals surface area contributed by atoms with Gasteiger partial charge in [-0.3, -0.25) is 5.10 Å². The molecule has 0 amide bonds. The average Bonchev–Trinajstić information content (AvgIpc) is 3.06. The molecule has 6 nitrogen and oxygen atoms in total. The molecule has 1 aromatic carbocycles. The summed E-state index contributed by atoms with van der Waals surface area (Å²) < 4.78 is 1.99. The summed E-state index contributed by atoms with van der Waals surface area (Å²) in [5.74, 6) is 1.51.